The molecule has 0 unspecified atom stereocenters. The molecule has 128 valence electrons. The fourth-order valence-corrected chi connectivity index (χ4v) is 4.07. The highest BCUT2D eigenvalue weighted by Crippen LogP contribution is 2.48. The number of amides is 1. The first-order valence-electron chi connectivity index (χ1n) is 8.40. The molecule has 4 rings (SSSR count). The fourth-order valence-electron chi connectivity index (χ4n) is 4.07. The van der Waals surface area contributed by atoms with Gasteiger partial charge < -0.3 is 19.6 Å². The molecule has 1 amide bonds. The largest absolute Gasteiger partial charge is 0.550 e. The van der Waals surface area contributed by atoms with Crippen molar-refractivity contribution >= 4 is 17.6 Å². The van der Waals surface area contributed by atoms with Gasteiger partial charge in [0.25, 0.3) is 0 Å². The molecule has 1 heterocycles. The molecule has 1 aromatic heterocycles. The number of benzene rings is 1. The highest BCUT2D eigenvalue weighted by molar-refractivity contribution is 5.96. The average Bonchev–Trinajstić information content (AvgIpc) is 3.30. The first-order chi connectivity index (χ1) is 12.0. The van der Waals surface area contributed by atoms with Crippen molar-refractivity contribution < 1.29 is 19.1 Å². The maximum atomic E-state index is 12.7. The van der Waals surface area contributed by atoms with Crippen LogP contribution in [0.1, 0.15) is 12.2 Å². The number of carboxylic acids is 1. The minimum Gasteiger partial charge on any atom is -0.550 e. The van der Waals surface area contributed by atoms with Crippen molar-refractivity contribution in [2.24, 2.45) is 23.7 Å². The molecule has 2 bridgehead atoms. The lowest BCUT2D eigenvalue weighted by Crippen LogP contribution is -2.42. The minimum absolute atomic E-state index is 0.0243. The molecule has 0 spiro atoms. The van der Waals surface area contributed by atoms with Crippen LogP contribution in [-0.4, -0.2) is 11.9 Å². The third kappa shape index (κ3) is 2.76. The molecule has 0 saturated heterocycles. The number of nitrogens with one attached hydrogen (secondary N) is 1. The quantitative estimate of drug-likeness (QED) is 0.869. The Hall–Kier alpha value is -2.82. The molecule has 1 aromatic carbocycles. The maximum Gasteiger partial charge on any atom is 0.228 e. The molecular formula is C20H18NO4-. The van der Waals surface area contributed by atoms with Gasteiger partial charge in [-0.05, 0) is 49.4 Å². The lowest BCUT2D eigenvalue weighted by molar-refractivity contribution is -0.313. The van der Waals surface area contributed by atoms with Gasteiger partial charge in [0.1, 0.15) is 11.5 Å². The number of anilines is 1. The number of carboxylic acid groups (broad SMARTS) is 1. The van der Waals surface area contributed by atoms with E-state index in [1.165, 1.54) is 0 Å². The van der Waals surface area contributed by atoms with Gasteiger partial charge in [-0.2, -0.15) is 0 Å². The topological polar surface area (TPSA) is 82.4 Å². The smallest absolute Gasteiger partial charge is 0.228 e. The van der Waals surface area contributed by atoms with Crippen LogP contribution in [-0.2, 0) is 9.59 Å². The van der Waals surface area contributed by atoms with Crippen molar-refractivity contribution in [3.63, 3.8) is 0 Å². The van der Waals surface area contributed by atoms with Crippen molar-refractivity contribution in [3.05, 3.63) is 54.3 Å². The number of hydrogen-bond donors (Lipinski definition) is 1. The zero-order valence-corrected chi connectivity index (χ0v) is 13.8. The molecule has 0 radical (unpaired) electrons. The van der Waals surface area contributed by atoms with Crippen LogP contribution in [0.2, 0.25) is 0 Å². The van der Waals surface area contributed by atoms with E-state index in [1.807, 2.05) is 49.4 Å². The van der Waals surface area contributed by atoms with Crippen LogP contribution in [0.4, 0.5) is 5.69 Å². The van der Waals surface area contributed by atoms with Crippen LogP contribution in [0.3, 0.4) is 0 Å². The van der Waals surface area contributed by atoms with Crippen LogP contribution >= 0.6 is 0 Å². The Morgan fingerprint density at radius 2 is 1.88 bits per heavy atom. The first-order valence-corrected chi connectivity index (χ1v) is 8.40. The van der Waals surface area contributed by atoms with Crippen molar-refractivity contribution in [1.82, 2.24) is 0 Å². The maximum absolute atomic E-state index is 12.7. The number of rotatable bonds is 4. The summed E-state index contributed by atoms with van der Waals surface area (Å²) in [7, 11) is 0. The zero-order chi connectivity index (χ0) is 17.6. The Labute approximate surface area is 145 Å². The van der Waals surface area contributed by atoms with Gasteiger partial charge in [0, 0.05) is 23.1 Å². The number of aliphatic carboxylic acids is 1. The number of carbonyl (C=O) groups excluding carboxylic acids is 2. The summed E-state index contributed by atoms with van der Waals surface area (Å²) in [5.74, 6) is -1.30. The molecule has 4 atom stereocenters. The number of hydrogen-bond acceptors (Lipinski definition) is 4. The second kappa shape index (κ2) is 5.92. The summed E-state index contributed by atoms with van der Waals surface area (Å²) in [5, 5.41) is 14.3. The van der Waals surface area contributed by atoms with Gasteiger partial charge >= 0.3 is 0 Å². The Kier molecular flexibility index (Phi) is 3.71. The lowest BCUT2D eigenvalue weighted by atomic mass is 9.82. The molecular weight excluding hydrogens is 318 g/mol. The summed E-state index contributed by atoms with van der Waals surface area (Å²) in [4.78, 5) is 24.2. The summed E-state index contributed by atoms with van der Waals surface area (Å²) in [6.07, 6.45) is 4.56. The molecule has 1 fully saturated rings. The number of allylic oxidation sites excluding steroid dienone is 2. The van der Waals surface area contributed by atoms with E-state index in [9.17, 15) is 14.7 Å². The molecule has 2 aromatic rings. The number of furan rings is 1. The van der Waals surface area contributed by atoms with E-state index in [-0.39, 0.29) is 17.7 Å². The van der Waals surface area contributed by atoms with Gasteiger partial charge in [0.15, 0.2) is 0 Å². The van der Waals surface area contributed by atoms with E-state index in [4.69, 9.17) is 4.42 Å². The van der Waals surface area contributed by atoms with Crippen LogP contribution < -0.4 is 10.4 Å². The number of aryl methyl sites for hydroxylation is 1. The van der Waals surface area contributed by atoms with Crippen LogP contribution in [0, 0.1) is 30.6 Å². The summed E-state index contributed by atoms with van der Waals surface area (Å²) in [6.45, 7) is 1.87. The SMILES string of the molecule is Cc1ccc(-c2cccc(NC(=O)[C@@H]3[C@@H](C(=O)[O-])[C@H]4C=C[C@H]3C4)c2)o1. The van der Waals surface area contributed by atoms with E-state index < -0.39 is 17.8 Å². The zero-order valence-electron chi connectivity index (χ0n) is 13.8. The molecule has 2 aliphatic carbocycles. The van der Waals surface area contributed by atoms with Gasteiger partial charge in [-0.25, -0.2) is 0 Å². The standard InChI is InChI=1S/C20H19NO4/c1-11-5-8-16(25-11)12-3-2-4-15(10-12)21-19(22)17-13-6-7-14(9-13)18(17)20(23)24/h2-8,10,13-14,17-18H,9H2,1H3,(H,21,22)(H,23,24)/p-1/t13-,14-,17-,18-/m0/s1. The summed E-state index contributed by atoms with van der Waals surface area (Å²) >= 11 is 0. The van der Waals surface area contributed by atoms with Crippen molar-refractivity contribution in [2.75, 3.05) is 5.32 Å². The predicted octanol–water partition coefficient (Wildman–Crippen LogP) is 2.38. The van der Waals surface area contributed by atoms with E-state index >= 15 is 0 Å². The third-order valence-corrected chi connectivity index (χ3v) is 5.19. The summed E-state index contributed by atoms with van der Waals surface area (Å²) in [6, 6.07) is 11.1. The molecule has 25 heavy (non-hydrogen) atoms. The Balaban J connectivity index is 1.55. The van der Waals surface area contributed by atoms with E-state index in [1.54, 1.807) is 6.07 Å². The number of carbonyl (C=O) groups is 2. The second-order valence-corrected chi connectivity index (χ2v) is 6.80. The van der Waals surface area contributed by atoms with E-state index in [0.29, 0.717) is 12.1 Å². The molecule has 0 aliphatic heterocycles. The van der Waals surface area contributed by atoms with Gasteiger partial charge in [-0.3, -0.25) is 4.79 Å². The molecule has 5 heteroatoms. The van der Waals surface area contributed by atoms with Crippen LogP contribution in [0.15, 0.2) is 53.0 Å². The minimum atomic E-state index is -1.14. The van der Waals surface area contributed by atoms with Crippen LogP contribution in [0.5, 0.6) is 0 Å². The Morgan fingerprint density at radius 1 is 1.12 bits per heavy atom. The molecule has 1 N–H and O–H groups in total. The third-order valence-electron chi connectivity index (χ3n) is 5.19. The molecule has 2 aliphatic rings. The van der Waals surface area contributed by atoms with Crippen LogP contribution in [0.25, 0.3) is 11.3 Å². The van der Waals surface area contributed by atoms with E-state index in [2.05, 4.69) is 5.32 Å². The highest BCUT2D eigenvalue weighted by atomic mass is 16.4. The summed E-state index contributed by atoms with van der Waals surface area (Å²) in [5.41, 5.74) is 1.48. The highest BCUT2D eigenvalue weighted by Gasteiger charge is 2.48. The Morgan fingerprint density at radius 3 is 2.56 bits per heavy atom. The van der Waals surface area contributed by atoms with Crippen molar-refractivity contribution in [2.45, 2.75) is 13.3 Å². The van der Waals surface area contributed by atoms with Gasteiger partial charge in [0.2, 0.25) is 5.91 Å². The second-order valence-electron chi connectivity index (χ2n) is 6.80. The lowest BCUT2D eigenvalue weighted by Gasteiger charge is -2.27. The fraction of sp³-hybridized carbons (Fsp3) is 0.300. The molecule has 5 nitrogen and oxygen atoms in total. The predicted molar refractivity (Wildman–Crippen MR) is 90.2 cm³/mol. The molecule has 1 saturated carbocycles. The summed E-state index contributed by atoms with van der Waals surface area (Å²) < 4.78 is 5.61. The number of fused-ring (bicyclic) bond motifs is 2. The van der Waals surface area contributed by atoms with Crippen molar-refractivity contribution in [3.8, 4) is 11.3 Å². The Bertz CT molecular complexity index is 866. The monoisotopic (exact) mass is 336 g/mol. The van der Waals surface area contributed by atoms with Gasteiger partial charge in [-0.1, -0.05) is 24.3 Å². The van der Waals surface area contributed by atoms with Gasteiger partial charge in [0.05, 0.1) is 5.92 Å². The van der Waals surface area contributed by atoms with Gasteiger partial charge in [-0.15, -0.1) is 0 Å². The van der Waals surface area contributed by atoms with Crippen molar-refractivity contribution in [1.29, 1.82) is 0 Å². The van der Waals surface area contributed by atoms with E-state index in [0.717, 1.165) is 17.1 Å². The first kappa shape index (κ1) is 15.7. The average molecular weight is 336 g/mol. The normalized spacial score (nSPS) is 26.8.